The van der Waals surface area contributed by atoms with E-state index in [2.05, 4.69) is 4.98 Å². The molecule has 3 nitrogen and oxygen atoms in total. The first-order chi connectivity index (χ1) is 9.61. The Hall–Kier alpha value is -1.58. The van der Waals surface area contributed by atoms with Crippen molar-refractivity contribution >= 4 is 11.6 Å². The summed E-state index contributed by atoms with van der Waals surface area (Å²) in [5.41, 5.74) is 8.27. The Morgan fingerprint density at radius 2 is 1.95 bits per heavy atom. The van der Waals surface area contributed by atoms with Crippen molar-refractivity contribution < 1.29 is 4.74 Å². The first-order valence-electron chi connectivity index (χ1n) is 6.70. The molecule has 2 N–H and O–H groups in total. The molecule has 2 unspecified atom stereocenters. The number of pyridine rings is 1. The van der Waals surface area contributed by atoms with Crippen molar-refractivity contribution in [1.82, 2.24) is 4.98 Å². The molecule has 2 aromatic rings. The van der Waals surface area contributed by atoms with Crippen LogP contribution >= 0.6 is 11.6 Å². The number of hydrogen-bond donors (Lipinski definition) is 1. The zero-order chi connectivity index (χ0) is 14.5. The van der Waals surface area contributed by atoms with Gasteiger partial charge in [0.15, 0.2) is 0 Å². The molecule has 0 radical (unpaired) electrons. The van der Waals surface area contributed by atoms with E-state index in [0.29, 0.717) is 5.02 Å². The molecule has 0 aliphatic heterocycles. The number of rotatable bonds is 5. The Bertz CT molecular complexity index is 560. The summed E-state index contributed by atoms with van der Waals surface area (Å²) in [6.45, 7) is 4.04. The highest BCUT2D eigenvalue weighted by Gasteiger charge is 2.21. The first kappa shape index (κ1) is 14.8. The molecule has 1 heterocycles. The van der Waals surface area contributed by atoms with Gasteiger partial charge in [0.2, 0.25) is 0 Å². The third-order valence-corrected chi connectivity index (χ3v) is 3.53. The summed E-state index contributed by atoms with van der Waals surface area (Å²) in [6, 6.07) is 9.40. The van der Waals surface area contributed by atoms with Crippen molar-refractivity contribution in [3.63, 3.8) is 0 Å². The van der Waals surface area contributed by atoms with Crippen LogP contribution in [0.1, 0.15) is 30.6 Å². The lowest BCUT2D eigenvalue weighted by Gasteiger charge is -2.25. The second-order valence-electron chi connectivity index (χ2n) is 4.80. The maximum atomic E-state index is 6.21. The molecule has 0 bridgehead atoms. The summed E-state index contributed by atoms with van der Waals surface area (Å²) in [7, 11) is 0. The molecule has 106 valence electrons. The SMILES string of the molecule is CCC(N)C(Oc1cc(Cl)ccc1C)c1ccncc1. The largest absolute Gasteiger partial charge is 0.484 e. The third-order valence-electron chi connectivity index (χ3n) is 3.30. The predicted octanol–water partition coefficient (Wildman–Crippen LogP) is 3.90. The van der Waals surface area contributed by atoms with Crippen LogP contribution in [0.25, 0.3) is 0 Å². The molecule has 0 aliphatic rings. The zero-order valence-electron chi connectivity index (χ0n) is 11.7. The van der Waals surface area contributed by atoms with E-state index < -0.39 is 0 Å². The van der Waals surface area contributed by atoms with Crippen LogP contribution in [-0.2, 0) is 0 Å². The number of aryl methyl sites for hydroxylation is 1. The molecule has 2 atom stereocenters. The summed E-state index contributed by atoms with van der Waals surface area (Å²) in [4.78, 5) is 4.03. The molecule has 1 aromatic carbocycles. The monoisotopic (exact) mass is 290 g/mol. The Morgan fingerprint density at radius 1 is 1.25 bits per heavy atom. The predicted molar refractivity (Wildman–Crippen MR) is 82.1 cm³/mol. The topological polar surface area (TPSA) is 48.1 Å². The number of halogens is 1. The van der Waals surface area contributed by atoms with Crippen molar-refractivity contribution in [1.29, 1.82) is 0 Å². The lowest BCUT2D eigenvalue weighted by Crippen LogP contribution is -2.31. The molecule has 0 spiro atoms. The van der Waals surface area contributed by atoms with E-state index in [1.54, 1.807) is 12.4 Å². The standard InChI is InChI=1S/C16H19ClN2O/c1-3-14(18)16(12-6-8-19-9-7-12)20-15-10-13(17)5-4-11(15)2/h4-10,14,16H,3,18H2,1-2H3. The maximum Gasteiger partial charge on any atom is 0.139 e. The van der Waals surface area contributed by atoms with Gasteiger partial charge in [-0.15, -0.1) is 0 Å². The van der Waals surface area contributed by atoms with Gasteiger partial charge in [-0.3, -0.25) is 4.98 Å². The Morgan fingerprint density at radius 3 is 2.60 bits per heavy atom. The fraction of sp³-hybridized carbons (Fsp3) is 0.312. The second kappa shape index (κ2) is 6.73. The average Bonchev–Trinajstić information content (AvgIpc) is 2.48. The number of ether oxygens (including phenoxy) is 1. The number of aromatic nitrogens is 1. The second-order valence-corrected chi connectivity index (χ2v) is 5.24. The van der Waals surface area contributed by atoms with Crippen LogP contribution in [0.5, 0.6) is 5.75 Å². The highest BCUT2D eigenvalue weighted by Crippen LogP contribution is 2.29. The normalized spacial score (nSPS) is 13.8. The summed E-state index contributed by atoms with van der Waals surface area (Å²) < 4.78 is 6.13. The Kier molecular flexibility index (Phi) is 4.99. The average molecular weight is 291 g/mol. The van der Waals surface area contributed by atoms with Gasteiger partial charge in [-0.2, -0.15) is 0 Å². The maximum absolute atomic E-state index is 6.21. The lowest BCUT2D eigenvalue weighted by molar-refractivity contribution is 0.170. The van der Waals surface area contributed by atoms with Gasteiger partial charge < -0.3 is 10.5 Å². The van der Waals surface area contributed by atoms with Crippen LogP contribution in [0.2, 0.25) is 5.02 Å². The van der Waals surface area contributed by atoms with E-state index in [9.17, 15) is 0 Å². The van der Waals surface area contributed by atoms with Gasteiger partial charge >= 0.3 is 0 Å². The quantitative estimate of drug-likeness (QED) is 0.908. The highest BCUT2D eigenvalue weighted by atomic mass is 35.5. The van der Waals surface area contributed by atoms with Gasteiger partial charge in [0.25, 0.3) is 0 Å². The van der Waals surface area contributed by atoms with Crippen molar-refractivity contribution in [3.8, 4) is 5.75 Å². The molecule has 20 heavy (non-hydrogen) atoms. The van der Waals surface area contributed by atoms with Crippen LogP contribution in [0.3, 0.4) is 0 Å². The van der Waals surface area contributed by atoms with Crippen LogP contribution in [0.4, 0.5) is 0 Å². The number of hydrogen-bond acceptors (Lipinski definition) is 3. The van der Waals surface area contributed by atoms with Crippen molar-refractivity contribution in [2.24, 2.45) is 5.73 Å². The minimum atomic E-state index is -0.208. The van der Waals surface area contributed by atoms with Gasteiger partial charge in [-0.1, -0.05) is 24.6 Å². The van der Waals surface area contributed by atoms with Crippen LogP contribution in [0.15, 0.2) is 42.7 Å². The van der Waals surface area contributed by atoms with E-state index in [1.165, 1.54) is 0 Å². The number of benzene rings is 1. The molecule has 0 fully saturated rings. The van der Waals surface area contributed by atoms with E-state index >= 15 is 0 Å². The summed E-state index contributed by atoms with van der Waals surface area (Å²) in [5, 5.41) is 0.657. The highest BCUT2D eigenvalue weighted by molar-refractivity contribution is 6.30. The van der Waals surface area contributed by atoms with Crippen LogP contribution < -0.4 is 10.5 Å². The van der Waals surface area contributed by atoms with E-state index in [1.807, 2.05) is 44.2 Å². The van der Waals surface area contributed by atoms with Crippen molar-refractivity contribution in [3.05, 3.63) is 58.9 Å². The van der Waals surface area contributed by atoms with Gasteiger partial charge in [0, 0.05) is 23.5 Å². The smallest absolute Gasteiger partial charge is 0.139 e. The summed E-state index contributed by atoms with van der Waals surface area (Å²) >= 11 is 6.04. The molecule has 2 rings (SSSR count). The van der Waals surface area contributed by atoms with Crippen molar-refractivity contribution in [2.75, 3.05) is 0 Å². The van der Waals surface area contributed by atoms with Gasteiger partial charge in [-0.25, -0.2) is 0 Å². The van der Waals surface area contributed by atoms with E-state index in [0.717, 1.165) is 23.3 Å². The molecule has 0 saturated heterocycles. The van der Waals surface area contributed by atoms with Crippen molar-refractivity contribution in [2.45, 2.75) is 32.4 Å². The van der Waals surface area contributed by atoms with Gasteiger partial charge in [-0.05, 0) is 48.7 Å². The third kappa shape index (κ3) is 3.50. The van der Waals surface area contributed by atoms with Gasteiger partial charge in [0.1, 0.15) is 11.9 Å². The number of nitrogens with two attached hydrogens (primary N) is 1. The lowest BCUT2D eigenvalue weighted by atomic mass is 10.0. The molecular weight excluding hydrogens is 272 g/mol. The number of nitrogens with zero attached hydrogens (tertiary/aromatic N) is 1. The molecule has 1 aromatic heterocycles. The minimum absolute atomic E-state index is 0.0872. The molecular formula is C16H19ClN2O. The van der Waals surface area contributed by atoms with Crippen LogP contribution in [-0.4, -0.2) is 11.0 Å². The first-order valence-corrected chi connectivity index (χ1v) is 7.08. The molecule has 4 heteroatoms. The zero-order valence-corrected chi connectivity index (χ0v) is 12.5. The molecule has 0 amide bonds. The molecule has 0 saturated carbocycles. The van der Waals surface area contributed by atoms with Gasteiger partial charge in [0.05, 0.1) is 0 Å². The Balaban J connectivity index is 2.31. The fourth-order valence-electron chi connectivity index (χ4n) is 2.01. The summed E-state index contributed by atoms with van der Waals surface area (Å²) in [5.74, 6) is 0.767. The molecule has 0 aliphatic carbocycles. The van der Waals surface area contributed by atoms with E-state index in [4.69, 9.17) is 22.1 Å². The Labute approximate surface area is 124 Å². The summed E-state index contributed by atoms with van der Waals surface area (Å²) in [6.07, 6.45) is 4.12. The minimum Gasteiger partial charge on any atom is -0.484 e. The van der Waals surface area contributed by atoms with E-state index in [-0.39, 0.29) is 12.1 Å². The van der Waals surface area contributed by atoms with Crippen LogP contribution in [0, 0.1) is 6.92 Å². The fourth-order valence-corrected chi connectivity index (χ4v) is 2.17.